The Hall–Kier alpha value is -1.56. The first-order chi connectivity index (χ1) is 8.20. The van der Waals surface area contributed by atoms with Crippen molar-refractivity contribution in [2.24, 2.45) is 0 Å². The Bertz CT molecular complexity index is 628. The standard InChI is InChI=1S/C12H14O5S/c1-7-5-9-10(6-8(7)11(13)16-4)18(14,15)12(2,3)17-9/h5-6H,1-4H3. The third kappa shape index (κ3) is 1.59. The van der Waals surface area contributed by atoms with Gasteiger partial charge in [0.25, 0.3) is 0 Å². The molecule has 6 heteroatoms. The number of hydrogen-bond acceptors (Lipinski definition) is 5. The number of fused-ring (bicyclic) bond motifs is 1. The highest BCUT2D eigenvalue weighted by atomic mass is 32.2. The van der Waals surface area contributed by atoms with Crippen molar-refractivity contribution in [2.75, 3.05) is 7.11 Å². The molecule has 0 spiro atoms. The van der Waals surface area contributed by atoms with E-state index in [1.807, 2.05) is 0 Å². The largest absolute Gasteiger partial charge is 0.470 e. The first-order valence-corrected chi connectivity index (χ1v) is 6.85. The average molecular weight is 270 g/mol. The molecule has 0 atom stereocenters. The van der Waals surface area contributed by atoms with Crippen LogP contribution in [0.1, 0.15) is 29.8 Å². The second-order valence-corrected chi connectivity index (χ2v) is 7.04. The Balaban J connectivity index is 2.70. The Morgan fingerprint density at radius 1 is 1.33 bits per heavy atom. The molecule has 1 aliphatic heterocycles. The van der Waals surface area contributed by atoms with Crippen LogP contribution in [0.2, 0.25) is 0 Å². The van der Waals surface area contributed by atoms with Gasteiger partial charge in [-0.25, -0.2) is 13.2 Å². The summed E-state index contributed by atoms with van der Waals surface area (Å²) in [6.45, 7) is 4.67. The summed E-state index contributed by atoms with van der Waals surface area (Å²) in [7, 11) is -2.34. The van der Waals surface area contributed by atoms with Crippen LogP contribution >= 0.6 is 0 Å². The van der Waals surface area contributed by atoms with Gasteiger partial charge in [0.1, 0.15) is 10.6 Å². The second-order valence-electron chi connectivity index (χ2n) is 4.61. The fourth-order valence-corrected chi connectivity index (χ4v) is 3.23. The number of aryl methyl sites for hydroxylation is 1. The fourth-order valence-electron chi connectivity index (χ4n) is 1.87. The van der Waals surface area contributed by atoms with Gasteiger partial charge in [-0.1, -0.05) is 0 Å². The Morgan fingerprint density at radius 3 is 2.50 bits per heavy atom. The first-order valence-electron chi connectivity index (χ1n) is 5.37. The third-order valence-corrected chi connectivity index (χ3v) is 5.26. The van der Waals surface area contributed by atoms with E-state index in [1.165, 1.54) is 27.0 Å². The molecule has 0 aromatic heterocycles. The Labute approximate surface area is 106 Å². The number of esters is 1. The van der Waals surface area contributed by atoms with Crippen LogP contribution < -0.4 is 4.74 Å². The van der Waals surface area contributed by atoms with Crippen molar-refractivity contribution in [2.45, 2.75) is 30.6 Å². The lowest BCUT2D eigenvalue weighted by atomic mass is 10.1. The van der Waals surface area contributed by atoms with Crippen LogP contribution in [0.5, 0.6) is 5.75 Å². The van der Waals surface area contributed by atoms with E-state index < -0.39 is 20.7 Å². The van der Waals surface area contributed by atoms with Crippen LogP contribution in [0.3, 0.4) is 0 Å². The van der Waals surface area contributed by atoms with Crippen molar-refractivity contribution in [3.05, 3.63) is 23.3 Å². The molecule has 0 saturated heterocycles. The number of carbonyl (C=O) groups excluding carboxylic acids is 1. The molecule has 0 saturated carbocycles. The minimum atomic E-state index is -3.59. The molecule has 0 aliphatic carbocycles. The van der Waals surface area contributed by atoms with Crippen LogP contribution in [-0.4, -0.2) is 26.4 Å². The molecule has 1 aliphatic rings. The number of ether oxygens (including phenoxy) is 2. The lowest BCUT2D eigenvalue weighted by Crippen LogP contribution is -2.32. The minimum Gasteiger partial charge on any atom is -0.470 e. The zero-order valence-corrected chi connectivity index (χ0v) is 11.4. The summed E-state index contributed by atoms with van der Waals surface area (Å²) in [6.07, 6.45) is 0. The van der Waals surface area contributed by atoms with E-state index in [2.05, 4.69) is 4.74 Å². The lowest BCUT2D eigenvalue weighted by molar-refractivity contribution is 0.0599. The van der Waals surface area contributed by atoms with Crippen molar-refractivity contribution in [1.82, 2.24) is 0 Å². The quantitative estimate of drug-likeness (QED) is 0.726. The van der Waals surface area contributed by atoms with Gasteiger partial charge in [0.15, 0.2) is 0 Å². The molecular weight excluding hydrogens is 256 g/mol. The Kier molecular flexibility index (Phi) is 2.66. The number of carbonyl (C=O) groups is 1. The lowest BCUT2D eigenvalue weighted by Gasteiger charge is -2.15. The molecule has 1 aromatic carbocycles. The van der Waals surface area contributed by atoms with Crippen LogP contribution in [0.25, 0.3) is 0 Å². The number of methoxy groups -OCH3 is 1. The summed E-state index contributed by atoms with van der Waals surface area (Å²) < 4.78 is 34.4. The van der Waals surface area contributed by atoms with Gasteiger partial charge in [0.05, 0.1) is 12.7 Å². The van der Waals surface area contributed by atoms with Gasteiger partial charge in [-0.3, -0.25) is 0 Å². The maximum absolute atomic E-state index is 12.2. The van der Waals surface area contributed by atoms with E-state index in [9.17, 15) is 13.2 Å². The molecule has 1 heterocycles. The summed E-state index contributed by atoms with van der Waals surface area (Å²) in [5, 5.41) is 0. The van der Waals surface area contributed by atoms with Crippen molar-refractivity contribution in [3.8, 4) is 5.75 Å². The molecule has 0 bridgehead atoms. The molecule has 0 N–H and O–H groups in total. The number of benzene rings is 1. The summed E-state index contributed by atoms with van der Waals surface area (Å²) >= 11 is 0. The van der Waals surface area contributed by atoms with E-state index in [1.54, 1.807) is 13.0 Å². The fraction of sp³-hybridized carbons (Fsp3) is 0.417. The van der Waals surface area contributed by atoms with Gasteiger partial charge < -0.3 is 9.47 Å². The molecule has 1 aromatic rings. The highest BCUT2D eigenvalue weighted by Crippen LogP contribution is 2.42. The van der Waals surface area contributed by atoms with Crippen LogP contribution in [0.15, 0.2) is 17.0 Å². The number of hydrogen-bond donors (Lipinski definition) is 0. The van der Waals surface area contributed by atoms with Crippen LogP contribution in [0.4, 0.5) is 0 Å². The summed E-state index contributed by atoms with van der Waals surface area (Å²) in [5.74, 6) is -0.277. The first kappa shape index (κ1) is 12.9. The van der Waals surface area contributed by atoms with Crippen molar-refractivity contribution in [3.63, 3.8) is 0 Å². The van der Waals surface area contributed by atoms with Crippen LogP contribution in [-0.2, 0) is 14.6 Å². The van der Waals surface area contributed by atoms with Gasteiger partial charge >= 0.3 is 5.97 Å². The third-order valence-electron chi connectivity index (χ3n) is 2.99. The highest BCUT2D eigenvalue weighted by Gasteiger charge is 2.46. The van der Waals surface area contributed by atoms with Gasteiger partial charge in [0, 0.05) is 0 Å². The molecule has 0 amide bonds. The normalized spacial score (nSPS) is 18.9. The molecule has 18 heavy (non-hydrogen) atoms. The van der Waals surface area contributed by atoms with Crippen molar-refractivity contribution in [1.29, 1.82) is 0 Å². The van der Waals surface area contributed by atoms with E-state index in [-0.39, 0.29) is 16.2 Å². The van der Waals surface area contributed by atoms with Gasteiger partial charge in [-0.2, -0.15) is 0 Å². The molecule has 98 valence electrons. The van der Waals surface area contributed by atoms with Crippen LogP contribution in [0, 0.1) is 6.92 Å². The average Bonchev–Trinajstić information content (AvgIpc) is 2.43. The number of sulfone groups is 1. The maximum Gasteiger partial charge on any atom is 0.338 e. The maximum atomic E-state index is 12.2. The summed E-state index contributed by atoms with van der Waals surface area (Å²) in [6, 6.07) is 2.87. The smallest absolute Gasteiger partial charge is 0.338 e. The summed E-state index contributed by atoms with van der Waals surface area (Å²) in [5.41, 5.74) is 0.856. The predicted molar refractivity (Wildman–Crippen MR) is 64.4 cm³/mol. The molecule has 0 unspecified atom stereocenters. The highest BCUT2D eigenvalue weighted by molar-refractivity contribution is 7.93. The second kappa shape index (κ2) is 3.71. The molecule has 0 fully saturated rings. The van der Waals surface area contributed by atoms with E-state index in [0.29, 0.717) is 5.56 Å². The summed E-state index contributed by atoms with van der Waals surface area (Å²) in [4.78, 5) is 10.3. The molecule has 0 radical (unpaired) electrons. The molecule has 5 nitrogen and oxygen atoms in total. The van der Waals surface area contributed by atoms with Gasteiger partial charge in [-0.05, 0) is 38.5 Å². The number of rotatable bonds is 1. The zero-order valence-electron chi connectivity index (χ0n) is 10.6. The van der Waals surface area contributed by atoms with Gasteiger partial charge in [-0.15, -0.1) is 0 Å². The zero-order chi connectivity index (χ0) is 13.7. The monoisotopic (exact) mass is 270 g/mol. The predicted octanol–water partition coefficient (Wildman–Crippen LogP) is 1.68. The van der Waals surface area contributed by atoms with E-state index >= 15 is 0 Å². The topological polar surface area (TPSA) is 69.7 Å². The molecule has 2 rings (SSSR count). The van der Waals surface area contributed by atoms with E-state index in [0.717, 1.165) is 0 Å². The SMILES string of the molecule is COC(=O)c1cc2c(cc1C)OC(C)(C)S2(=O)=O. The van der Waals surface area contributed by atoms with Crippen molar-refractivity contribution < 1.29 is 22.7 Å². The van der Waals surface area contributed by atoms with E-state index in [4.69, 9.17) is 4.74 Å². The minimum absolute atomic E-state index is 0.0403. The Morgan fingerprint density at radius 2 is 1.94 bits per heavy atom. The van der Waals surface area contributed by atoms with Crippen molar-refractivity contribution >= 4 is 15.8 Å². The van der Waals surface area contributed by atoms with Gasteiger partial charge in [0.2, 0.25) is 14.8 Å². The molecular formula is C12H14O5S.